The molecule has 0 aliphatic rings. The zero-order chi connectivity index (χ0) is 15.8. The summed E-state index contributed by atoms with van der Waals surface area (Å²) < 4.78 is 5.28. The standard InChI is InChI=1S/C14H17N3O3S/c1-14(2,12(19)17(3)4)16-11(18)8-5-6-9-10(7-8)20-13(21)15-9/h5-7H,1-4H3,(H,15,21)(H,16,18). The van der Waals surface area contributed by atoms with Crippen LogP contribution in [0.3, 0.4) is 0 Å². The summed E-state index contributed by atoms with van der Waals surface area (Å²) >= 11 is 4.90. The van der Waals surface area contributed by atoms with Crippen LogP contribution < -0.4 is 5.32 Å². The summed E-state index contributed by atoms with van der Waals surface area (Å²) in [6.07, 6.45) is 0. The second-order valence-corrected chi connectivity index (χ2v) is 5.87. The fraction of sp³-hybridized carbons (Fsp3) is 0.357. The van der Waals surface area contributed by atoms with Crippen LogP contribution in [-0.2, 0) is 4.79 Å². The average Bonchev–Trinajstić information content (AvgIpc) is 2.75. The molecular formula is C14H17N3O3S. The second-order valence-electron chi connectivity index (χ2n) is 5.50. The van der Waals surface area contributed by atoms with E-state index in [1.165, 1.54) is 4.90 Å². The van der Waals surface area contributed by atoms with Gasteiger partial charge in [-0.2, -0.15) is 0 Å². The Morgan fingerprint density at radius 3 is 2.62 bits per heavy atom. The van der Waals surface area contributed by atoms with Crippen molar-refractivity contribution >= 4 is 35.1 Å². The van der Waals surface area contributed by atoms with Gasteiger partial charge in [0.1, 0.15) is 5.54 Å². The van der Waals surface area contributed by atoms with Crippen LogP contribution >= 0.6 is 12.2 Å². The van der Waals surface area contributed by atoms with Crippen LogP contribution in [0.15, 0.2) is 22.6 Å². The van der Waals surface area contributed by atoms with Crippen LogP contribution in [0.1, 0.15) is 24.2 Å². The Morgan fingerprint density at radius 1 is 1.33 bits per heavy atom. The minimum Gasteiger partial charge on any atom is -0.429 e. The highest BCUT2D eigenvalue weighted by Crippen LogP contribution is 2.16. The summed E-state index contributed by atoms with van der Waals surface area (Å²) in [6.45, 7) is 3.32. The highest BCUT2D eigenvalue weighted by molar-refractivity contribution is 7.71. The van der Waals surface area contributed by atoms with Gasteiger partial charge in [0.05, 0.1) is 5.52 Å². The fourth-order valence-corrected chi connectivity index (χ4v) is 2.25. The van der Waals surface area contributed by atoms with E-state index in [2.05, 4.69) is 10.3 Å². The van der Waals surface area contributed by atoms with E-state index in [0.717, 1.165) is 5.52 Å². The maximum absolute atomic E-state index is 12.3. The van der Waals surface area contributed by atoms with Gasteiger partial charge in [-0.3, -0.25) is 9.59 Å². The lowest BCUT2D eigenvalue weighted by Gasteiger charge is -2.28. The first kappa shape index (κ1) is 15.2. The third-order valence-corrected chi connectivity index (χ3v) is 3.24. The van der Waals surface area contributed by atoms with E-state index >= 15 is 0 Å². The van der Waals surface area contributed by atoms with Crippen molar-refractivity contribution in [1.29, 1.82) is 0 Å². The Bertz CT molecular complexity index is 758. The minimum atomic E-state index is -0.992. The topological polar surface area (TPSA) is 78.3 Å². The van der Waals surface area contributed by atoms with Crippen molar-refractivity contribution in [1.82, 2.24) is 15.2 Å². The van der Waals surface area contributed by atoms with E-state index in [9.17, 15) is 9.59 Å². The summed E-state index contributed by atoms with van der Waals surface area (Å²) in [5.74, 6) is -0.532. The number of aromatic amines is 1. The Labute approximate surface area is 127 Å². The zero-order valence-corrected chi connectivity index (χ0v) is 13.1. The molecule has 0 saturated heterocycles. The van der Waals surface area contributed by atoms with Crippen LogP contribution in [0, 0.1) is 4.84 Å². The van der Waals surface area contributed by atoms with Gasteiger partial charge in [-0.05, 0) is 44.3 Å². The number of hydrogen-bond acceptors (Lipinski definition) is 4. The predicted octanol–water partition coefficient (Wildman–Crippen LogP) is 2.09. The summed E-state index contributed by atoms with van der Waals surface area (Å²) in [6, 6.07) is 4.95. The van der Waals surface area contributed by atoms with Gasteiger partial charge in [-0.25, -0.2) is 0 Å². The molecule has 2 N–H and O–H groups in total. The normalized spacial score (nSPS) is 11.4. The van der Waals surface area contributed by atoms with Crippen LogP contribution in [0.4, 0.5) is 0 Å². The molecule has 2 amide bonds. The third kappa shape index (κ3) is 3.13. The summed E-state index contributed by atoms with van der Waals surface area (Å²) in [4.78, 5) is 28.9. The molecule has 0 aliphatic carbocycles. The van der Waals surface area contributed by atoms with Gasteiger partial charge >= 0.3 is 0 Å². The molecule has 0 bridgehead atoms. The van der Waals surface area contributed by atoms with E-state index in [4.69, 9.17) is 16.6 Å². The predicted molar refractivity (Wildman–Crippen MR) is 81.6 cm³/mol. The van der Waals surface area contributed by atoms with Crippen molar-refractivity contribution in [3.8, 4) is 0 Å². The summed E-state index contributed by atoms with van der Waals surface area (Å²) in [5.41, 5.74) is 0.637. The molecule has 0 atom stereocenters. The van der Waals surface area contributed by atoms with Gasteiger partial charge in [-0.15, -0.1) is 0 Å². The van der Waals surface area contributed by atoms with Gasteiger partial charge < -0.3 is 19.6 Å². The SMILES string of the molecule is CN(C)C(=O)C(C)(C)NC(=O)c1ccc2[nH]c(=S)oc2c1. The molecule has 0 saturated carbocycles. The van der Waals surface area contributed by atoms with Crippen LogP contribution in [0.25, 0.3) is 11.1 Å². The molecule has 0 unspecified atom stereocenters. The molecule has 0 aliphatic heterocycles. The van der Waals surface area contributed by atoms with Crippen molar-refractivity contribution in [2.24, 2.45) is 0 Å². The lowest BCUT2D eigenvalue weighted by atomic mass is 10.0. The molecule has 21 heavy (non-hydrogen) atoms. The molecule has 6 nitrogen and oxygen atoms in total. The summed E-state index contributed by atoms with van der Waals surface area (Å²) in [7, 11) is 3.29. The van der Waals surface area contributed by atoms with Crippen LogP contribution in [0.5, 0.6) is 0 Å². The lowest BCUT2D eigenvalue weighted by molar-refractivity contribution is -0.134. The van der Waals surface area contributed by atoms with Gasteiger partial charge in [0.15, 0.2) is 5.58 Å². The Hall–Kier alpha value is -2.15. The van der Waals surface area contributed by atoms with E-state index in [0.29, 0.717) is 11.1 Å². The number of likely N-dealkylation sites (N-methyl/N-ethyl adjacent to an activating group) is 1. The van der Waals surface area contributed by atoms with Crippen molar-refractivity contribution in [2.45, 2.75) is 19.4 Å². The molecule has 2 aromatic rings. The number of hydrogen-bond donors (Lipinski definition) is 2. The number of carbonyl (C=O) groups excluding carboxylic acids is 2. The van der Waals surface area contributed by atoms with Gasteiger partial charge in [0, 0.05) is 19.7 Å². The molecule has 1 aromatic carbocycles. The first-order chi connectivity index (χ1) is 9.70. The Kier molecular flexibility index (Phi) is 3.87. The van der Waals surface area contributed by atoms with E-state index < -0.39 is 5.54 Å². The number of nitrogens with zero attached hydrogens (tertiary/aromatic N) is 1. The summed E-state index contributed by atoms with van der Waals surface area (Å²) in [5, 5.41) is 2.72. The second kappa shape index (κ2) is 5.33. The molecule has 1 aromatic heterocycles. The molecule has 1 heterocycles. The highest BCUT2D eigenvalue weighted by Gasteiger charge is 2.31. The van der Waals surface area contributed by atoms with Crippen molar-refractivity contribution < 1.29 is 14.0 Å². The number of rotatable bonds is 3. The number of oxazole rings is 1. The molecule has 112 valence electrons. The fourth-order valence-electron chi connectivity index (χ4n) is 2.06. The zero-order valence-electron chi connectivity index (χ0n) is 12.3. The average molecular weight is 307 g/mol. The molecule has 0 radical (unpaired) electrons. The first-order valence-corrected chi connectivity index (χ1v) is 6.78. The number of amides is 2. The smallest absolute Gasteiger partial charge is 0.266 e. The lowest BCUT2D eigenvalue weighted by Crippen LogP contribution is -2.54. The van der Waals surface area contributed by atoms with Crippen molar-refractivity contribution in [3.05, 3.63) is 28.6 Å². The highest BCUT2D eigenvalue weighted by atomic mass is 32.1. The van der Waals surface area contributed by atoms with Crippen molar-refractivity contribution in [3.63, 3.8) is 0 Å². The number of carbonyl (C=O) groups is 2. The Morgan fingerprint density at radius 2 is 2.00 bits per heavy atom. The number of nitrogens with one attached hydrogen (secondary N) is 2. The number of aromatic nitrogens is 1. The van der Waals surface area contributed by atoms with Crippen LogP contribution in [-0.4, -0.2) is 41.3 Å². The molecular weight excluding hydrogens is 290 g/mol. The molecule has 2 rings (SSSR count). The molecule has 0 spiro atoms. The Balaban J connectivity index is 2.26. The van der Waals surface area contributed by atoms with Crippen molar-refractivity contribution in [2.75, 3.05) is 14.1 Å². The minimum absolute atomic E-state index is 0.184. The van der Waals surface area contributed by atoms with E-state index in [1.807, 2.05) is 0 Å². The maximum Gasteiger partial charge on any atom is 0.266 e. The number of benzene rings is 1. The number of H-pyrrole nitrogens is 1. The van der Waals surface area contributed by atoms with Crippen LogP contribution in [0.2, 0.25) is 0 Å². The quantitative estimate of drug-likeness (QED) is 0.851. The van der Waals surface area contributed by atoms with E-state index in [-0.39, 0.29) is 16.7 Å². The monoisotopic (exact) mass is 307 g/mol. The first-order valence-electron chi connectivity index (χ1n) is 6.38. The van der Waals surface area contributed by atoms with Gasteiger partial charge in [0.2, 0.25) is 5.91 Å². The largest absolute Gasteiger partial charge is 0.429 e. The molecule has 0 fully saturated rings. The van der Waals surface area contributed by atoms with Gasteiger partial charge in [-0.1, -0.05) is 0 Å². The number of fused-ring (bicyclic) bond motifs is 1. The third-order valence-electron chi connectivity index (χ3n) is 3.05. The van der Waals surface area contributed by atoms with E-state index in [1.54, 1.807) is 46.1 Å². The molecule has 7 heteroatoms. The van der Waals surface area contributed by atoms with Gasteiger partial charge in [0.25, 0.3) is 10.7 Å². The maximum atomic E-state index is 12.3.